The SMILES string of the molecule is CCc1cccc(C)c1NC(=O)C(C)Sc1cccc(NC(=O)/C(=C/c2ccccc2)NC(=O)c2ccccc2)c1. The zero-order chi connectivity index (χ0) is 29.2. The smallest absolute Gasteiger partial charge is 0.272 e. The Balaban J connectivity index is 1.47. The summed E-state index contributed by atoms with van der Waals surface area (Å²) < 4.78 is 0. The fourth-order valence-corrected chi connectivity index (χ4v) is 5.11. The summed E-state index contributed by atoms with van der Waals surface area (Å²) in [6, 6.07) is 31.4. The van der Waals surface area contributed by atoms with Crippen LogP contribution in [-0.2, 0) is 16.0 Å². The van der Waals surface area contributed by atoms with Crippen LogP contribution in [0, 0.1) is 6.92 Å². The molecule has 4 aromatic carbocycles. The van der Waals surface area contributed by atoms with E-state index in [9.17, 15) is 14.4 Å². The van der Waals surface area contributed by atoms with Crippen LogP contribution in [0.2, 0.25) is 0 Å². The Labute approximate surface area is 245 Å². The molecule has 4 rings (SSSR count). The summed E-state index contributed by atoms with van der Waals surface area (Å²) in [6.07, 6.45) is 2.46. The average molecular weight is 564 g/mol. The molecular formula is C34H33N3O3S. The second-order valence-electron chi connectivity index (χ2n) is 9.48. The van der Waals surface area contributed by atoms with Crippen LogP contribution in [0.25, 0.3) is 6.08 Å². The molecule has 7 heteroatoms. The van der Waals surface area contributed by atoms with E-state index < -0.39 is 5.91 Å². The highest BCUT2D eigenvalue weighted by Crippen LogP contribution is 2.28. The summed E-state index contributed by atoms with van der Waals surface area (Å²) in [5.74, 6) is -0.935. The number of thioether (sulfide) groups is 1. The molecule has 0 fully saturated rings. The van der Waals surface area contributed by atoms with Gasteiger partial charge in [0.1, 0.15) is 5.70 Å². The van der Waals surface area contributed by atoms with Gasteiger partial charge in [0.25, 0.3) is 11.8 Å². The summed E-state index contributed by atoms with van der Waals surface area (Å²) in [5, 5.41) is 8.36. The highest BCUT2D eigenvalue weighted by molar-refractivity contribution is 8.00. The number of nitrogens with one attached hydrogen (secondary N) is 3. The van der Waals surface area contributed by atoms with E-state index in [1.54, 1.807) is 36.4 Å². The van der Waals surface area contributed by atoms with Gasteiger partial charge in [-0.3, -0.25) is 14.4 Å². The van der Waals surface area contributed by atoms with Crippen molar-refractivity contribution in [3.8, 4) is 0 Å². The van der Waals surface area contributed by atoms with Crippen molar-refractivity contribution in [2.45, 2.75) is 37.3 Å². The number of hydrogen-bond acceptors (Lipinski definition) is 4. The average Bonchev–Trinajstić information content (AvgIpc) is 2.98. The molecule has 0 radical (unpaired) electrons. The molecule has 0 spiro atoms. The maximum atomic E-state index is 13.4. The van der Waals surface area contributed by atoms with Crippen molar-refractivity contribution in [2.24, 2.45) is 0 Å². The van der Waals surface area contributed by atoms with Gasteiger partial charge in [-0.15, -0.1) is 11.8 Å². The third-order valence-corrected chi connectivity index (χ3v) is 7.50. The molecule has 0 bridgehead atoms. The maximum absolute atomic E-state index is 13.4. The summed E-state index contributed by atoms with van der Waals surface area (Å²) in [7, 11) is 0. The molecule has 0 aromatic heterocycles. The highest BCUT2D eigenvalue weighted by atomic mass is 32.2. The van der Waals surface area contributed by atoms with Crippen molar-refractivity contribution in [3.63, 3.8) is 0 Å². The number of aryl methyl sites for hydroxylation is 2. The minimum atomic E-state index is -0.460. The predicted molar refractivity (Wildman–Crippen MR) is 168 cm³/mol. The van der Waals surface area contributed by atoms with Crippen LogP contribution in [0.3, 0.4) is 0 Å². The molecule has 1 unspecified atom stereocenters. The molecule has 0 saturated heterocycles. The number of rotatable bonds is 10. The Bertz CT molecular complexity index is 1550. The Kier molecular flexibility index (Phi) is 10.1. The monoisotopic (exact) mass is 563 g/mol. The topological polar surface area (TPSA) is 87.3 Å². The molecule has 0 heterocycles. The van der Waals surface area contributed by atoms with E-state index in [0.717, 1.165) is 33.7 Å². The molecule has 0 aliphatic carbocycles. The molecule has 6 nitrogen and oxygen atoms in total. The van der Waals surface area contributed by atoms with Gasteiger partial charge in [-0.05, 0) is 73.4 Å². The van der Waals surface area contributed by atoms with E-state index in [2.05, 4.69) is 22.9 Å². The first-order chi connectivity index (χ1) is 19.8. The van der Waals surface area contributed by atoms with Gasteiger partial charge in [0.05, 0.1) is 5.25 Å². The minimum Gasteiger partial charge on any atom is -0.325 e. The maximum Gasteiger partial charge on any atom is 0.272 e. The first-order valence-electron chi connectivity index (χ1n) is 13.4. The van der Waals surface area contributed by atoms with E-state index in [1.165, 1.54) is 11.8 Å². The lowest BCUT2D eigenvalue weighted by molar-refractivity contribution is -0.115. The van der Waals surface area contributed by atoms with E-state index in [-0.39, 0.29) is 22.8 Å². The number of amides is 3. The second kappa shape index (κ2) is 14.1. The zero-order valence-corrected chi connectivity index (χ0v) is 24.1. The number of hydrogen-bond donors (Lipinski definition) is 3. The number of anilines is 2. The van der Waals surface area contributed by atoms with Gasteiger partial charge in [-0.2, -0.15) is 0 Å². The lowest BCUT2D eigenvalue weighted by atomic mass is 10.1. The summed E-state index contributed by atoms with van der Waals surface area (Å²) in [6.45, 7) is 5.91. The quantitative estimate of drug-likeness (QED) is 0.142. The standard InChI is InChI=1S/C34H33N3O3S/c1-4-26-18-11-13-23(2)31(26)37-32(38)24(3)41-29-20-12-19-28(22-29)35-34(40)30(21-25-14-7-5-8-15-25)36-33(39)27-16-9-6-10-17-27/h5-22,24H,4H2,1-3H3,(H,35,40)(H,36,39)(H,37,38)/b30-21-. The van der Waals surface area contributed by atoms with Crippen LogP contribution in [0.4, 0.5) is 11.4 Å². The van der Waals surface area contributed by atoms with Gasteiger partial charge >= 0.3 is 0 Å². The fraction of sp³-hybridized carbons (Fsp3) is 0.147. The first kappa shape index (κ1) is 29.4. The van der Waals surface area contributed by atoms with Crippen LogP contribution < -0.4 is 16.0 Å². The Morgan fingerprint density at radius 2 is 1.51 bits per heavy atom. The van der Waals surface area contributed by atoms with Crippen molar-refractivity contribution in [1.82, 2.24) is 5.32 Å². The van der Waals surface area contributed by atoms with Crippen LogP contribution in [0.1, 0.15) is 40.9 Å². The van der Waals surface area contributed by atoms with Crippen molar-refractivity contribution >= 4 is 46.9 Å². The molecule has 1 atom stereocenters. The summed E-state index contributed by atoms with van der Waals surface area (Å²) >= 11 is 1.40. The first-order valence-corrected chi connectivity index (χ1v) is 14.3. The minimum absolute atomic E-state index is 0.0925. The van der Waals surface area contributed by atoms with Crippen LogP contribution >= 0.6 is 11.8 Å². The van der Waals surface area contributed by atoms with Crippen molar-refractivity contribution in [1.29, 1.82) is 0 Å². The normalized spacial score (nSPS) is 11.8. The lowest BCUT2D eigenvalue weighted by Gasteiger charge is -2.17. The fourth-order valence-electron chi connectivity index (χ4n) is 4.19. The third-order valence-electron chi connectivity index (χ3n) is 6.40. The van der Waals surface area contributed by atoms with Crippen molar-refractivity contribution < 1.29 is 14.4 Å². The molecule has 208 valence electrons. The van der Waals surface area contributed by atoms with Crippen molar-refractivity contribution in [3.05, 3.63) is 131 Å². The molecule has 4 aromatic rings. The summed E-state index contributed by atoms with van der Waals surface area (Å²) in [5.41, 5.74) is 4.87. The number of benzene rings is 4. The van der Waals surface area contributed by atoms with Crippen molar-refractivity contribution in [2.75, 3.05) is 10.6 Å². The van der Waals surface area contributed by atoms with Gasteiger partial charge in [-0.25, -0.2) is 0 Å². The second-order valence-corrected chi connectivity index (χ2v) is 10.9. The van der Waals surface area contributed by atoms with Gasteiger partial charge in [0, 0.05) is 21.8 Å². The third kappa shape index (κ3) is 8.19. The van der Waals surface area contributed by atoms with Gasteiger partial charge < -0.3 is 16.0 Å². The predicted octanol–water partition coefficient (Wildman–Crippen LogP) is 7.09. The molecule has 0 aliphatic rings. The lowest BCUT2D eigenvalue weighted by Crippen LogP contribution is -2.30. The Hall–Kier alpha value is -4.62. The summed E-state index contributed by atoms with van der Waals surface area (Å²) in [4.78, 5) is 40.1. The van der Waals surface area contributed by atoms with Gasteiger partial charge in [-0.1, -0.05) is 79.7 Å². The highest BCUT2D eigenvalue weighted by Gasteiger charge is 2.18. The number of carbonyl (C=O) groups is 3. The Morgan fingerprint density at radius 3 is 2.22 bits per heavy atom. The molecular weight excluding hydrogens is 530 g/mol. The molecule has 0 saturated carbocycles. The zero-order valence-electron chi connectivity index (χ0n) is 23.3. The van der Waals surface area contributed by atoms with Gasteiger partial charge in [0.2, 0.25) is 5.91 Å². The number of para-hydroxylation sites is 1. The van der Waals surface area contributed by atoms with Crippen LogP contribution in [0.15, 0.2) is 114 Å². The van der Waals surface area contributed by atoms with E-state index in [1.807, 2.05) is 86.6 Å². The molecule has 3 amide bonds. The van der Waals surface area contributed by atoms with E-state index in [4.69, 9.17) is 0 Å². The Morgan fingerprint density at radius 1 is 0.829 bits per heavy atom. The van der Waals surface area contributed by atoms with Crippen LogP contribution in [-0.4, -0.2) is 23.0 Å². The van der Waals surface area contributed by atoms with Gasteiger partial charge in [0.15, 0.2) is 0 Å². The molecule has 3 N–H and O–H groups in total. The molecule has 41 heavy (non-hydrogen) atoms. The van der Waals surface area contributed by atoms with E-state index in [0.29, 0.717) is 11.3 Å². The number of carbonyl (C=O) groups excluding carboxylic acids is 3. The van der Waals surface area contributed by atoms with E-state index >= 15 is 0 Å². The van der Waals surface area contributed by atoms with Crippen LogP contribution in [0.5, 0.6) is 0 Å². The molecule has 0 aliphatic heterocycles. The largest absolute Gasteiger partial charge is 0.325 e.